The molecule has 0 aromatic heterocycles. The molecule has 29 heavy (non-hydrogen) atoms. The first-order valence-corrected chi connectivity index (χ1v) is 9.75. The molecular weight excluding hydrogens is 435 g/mol. The maximum absolute atomic E-state index is 10.2. The van der Waals surface area contributed by atoms with E-state index in [1.165, 1.54) is 5.69 Å². The van der Waals surface area contributed by atoms with Crippen LogP contribution in [0.15, 0.2) is 54.6 Å². The van der Waals surface area contributed by atoms with Crippen LogP contribution in [-0.4, -0.2) is 68.7 Å². The van der Waals surface area contributed by atoms with Gasteiger partial charge in [0.2, 0.25) is 0 Å². The first-order chi connectivity index (χ1) is 13.2. The number of halogens is 3. The van der Waals surface area contributed by atoms with E-state index >= 15 is 0 Å². The molecule has 3 rings (SSSR count). The van der Waals surface area contributed by atoms with Gasteiger partial charge in [-0.1, -0.05) is 29.8 Å². The van der Waals surface area contributed by atoms with Gasteiger partial charge in [-0.25, -0.2) is 0 Å². The molecule has 2 aromatic carbocycles. The van der Waals surface area contributed by atoms with Gasteiger partial charge in [-0.15, -0.1) is 24.8 Å². The summed E-state index contributed by atoms with van der Waals surface area (Å²) in [5.74, 6) is 0.764. The SMILES string of the molecule is Cl.Cl.OC(COCCOc1ccc(Cl)cc1)CN1CCN(c2ccccc2)CC1. The number of anilines is 1. The van der Waals surface area contributed by atoms with E-state index in [4.69, 9.17) is 21.1 Å². The standard InChI is InChI=1S/C21H27ClN2O3.2ClH/c22-18-6-8-21(9-7-18)27-15-14-26-17-20(25)16-23-10-12-24(13-11-23)19-4-2-1-3-5-19;;/h1-9,20,25H,10-17H2;2*1H. The van der Waals surface area contributed by atoms with Crippen LogP contribution in [0.3, 0.4) is 0 Å². The Morgan fingerprint density at radius 1 is 0.897 bits per heavy atom. The maximum atomic E-state index is 10.2. The molecular formula is C21H29Cl3N2O3. The second kappa shape index (κ2) is 13.9. The van der Waals surface area contributed by atoms with Crippen LogP contribution in [0.25, 0.3) is 0 Å². The number of ether oxygens (including phenoxy) is 2. The normalized spacial score (nSPS) is 15.2. The van der Waals surface area contributed by atoms with Crippen molar-refractivity contribution in [1.29, 1.82) is 0 Å². The average molecular weight is 464 g/mol. The Bertz CT molecular complexity index is 669. The fraction of sp³-hybridized carbons (Fsp3) is 0.429. The first-order valence-electron chi connectivity index (χ1n) is 9.37. The number of para-hydroxylation sites is 1. The number of β-amino-alcohol motifs (C(OH)–C–C–N with tert-alkyl or cyclic N) is 1. The minimum absolute atomic E-state index is 0. The number of aliphatic hydroxyl groups excluding tert-OH is 1. The number of hydrogen-bond donors (Lipinski definition) is 1. The van der Waals surface area contributed by atoms with Gasteiger partial charge in [0.1, 0.15) is 12.4 Å². The molecule has 0 aliphatic carbocycles. The van der Waals surface area contributed by atoms with Crippen molar-refractivity contribution in [3.63, 3.8) is 0 Å². The van der Waals surface area contributed by atoms with Crippen molar-refractivity contribution in [2.24, 2.45) is 0 Å². The van der Waals surface area contributed by atoms with Crippen LogP contribution in [0, 0.1) is 0 Å². The Balaban J connectivity index is 0.00000210. The highest BCUT2D eigenvalue weighted by molar-refractivity contribution is 6.30. The van der Waals surface area contributed by atoms with Crippen molar-refractivity contribution in [2.45, 2.75) is 6.10 Å². The summed E-state index contributed by atoms with van der Waals surface area (Å²) in [5, 5.41) is 10.9. The average Bonchev–Trinajstić information content (AvgIpc) is 2.70. The fourth-order valence-electron chi connectivity index (χ4n) is 3.15. The Labute approximate surface area is 190 Å². The van der Waals surface area contributed by atoms with Gasteiger partial charge >= 0.3 is 0 Å². The molecule has 0 bridgehead atoms. The van der Waals surface area contributed by atoms with Gasteiger partial charge in [0.05, 0.1) is 19.3 Å². The smallest absolute Gasteiger partial charge is 0.119 e. The Hall–Kier alpha value is -1.21. The van der Waals surface area contributed by atoms with E-state index in [2.05, 4.69) is 34.1 Å². The molecule has 5 nitrogen and oxygen atoms in total. The lowest BCUT2D eigenvalue weighted by atomic mass is 10.2. The largest absolute Gasteiger partial charge is 0.491 e. The zero-order chi connectivity index (χ0) is 18.9. The van der Waals surface area contributed by atoms with E-state index in [1.54, 1.807) is 12.1 Å². The van der Waals surface area contributed by atoms with E-state index in [9.17, 15) is 5.11 Å². The molecule has 1 fully saturated rings. The van der Waals surface area contributed by atoms with Crippen molar-refractivity contribution < 1.29 is 14.6 Å². The van der Waals surface area contributed by atoms with E-state index < -0.39 is 6.10 Å². The lowest BCUT2D eigenvalue weighted by molar-refractivity contribution is 0.00718. The molecule has 0 spiro atoms. The molecule has 1 saturated heterocycles. The molecule has 1 N–H and O–H groups in total. The molecule has 0 radical (unpaired) electrons. The Kier molecular flexibility index (Phi) is 12.4. The van der Waals surface area contributed by atoms with E-state index in [0.717, 1.165) is 31.9 Å². The molecule has 8 heteroatoms. The zero-order valence-electron chi connectivity index (χ0n) is 16.3. The third-order valence-electron chi connectivity index (χ3n) is 4.58. The summed E-state index contributed by atoms with van der Waals surface area (Å²) < 4.78 is 11.1. The Morgan fingerprint density at radius 2 is 1.55 bits per heavy atom. The monoisotopic (exact) mass is 462 g/mol. The lowest BCUT2D eigenvalue weighted by Gasteiger charge is -2.36. The second-order valence-corrected chi connectivity index (χ2v) is 7.09. The summed E-state index contributed by atoms with van der Waals surface area (Å²) in [6, 6.07) is 17.7. The van der Waals surface area contributed by atoms with Gasteiger partial charge in [0, 0.05) is 43.4 Å². The van der Waals surface area contributed by atoms with Crippen LogP contribution in [0.1, 0.15) is 0 Å². The van der Waals surface area contributed by atoms with Crippen molar-refractivity contribution in [3.05, 3.63) is 59.6 Å². The van der Waals surface area contributed by atoms with Gasteiger partial charge in [-0.05, 0) is 36.4 Å². The molecule has 0 amide bonds. The van der Waals surface area contributed by atoms with Crippen molar-refractivity contribution in [3.8, 4) is 5.75 Å². The summed E-state index contributed by atoms with van der Waals surface area (Å²) >= 11 is 5.83. The van der Waals surface area contributed by atoms with E-state index in [-0.39, 0.29) is 24.8 Å². The van der Waals surface area contributed by atoms with Crippen LogP contribution < -0.4 is 9.64 Å². The van der Waals surface area contributed by atoms with Crippen molar-refractivity contribution in [2.75, 3.05) is 57.4 Å². The highest BCUT2D eigenvalue weighted by Crippen LogP contribution is 2.16. The van der Waals surface area contributed by atoms with Crippen molar-refractivity contribution >= 4 is 42.1 Å². The molecule has 162 valence electrons. The summed E-state index contributed by atoms with van der Waals surface area (Å²) in [7, 11) is 0. The minimum atomic E-state index is -0.483. The maximum Gasteiger partial charge on any atom is 0.119 e. The van der Waals surface area contributed by atoms with E-state index in [0.29, 0.717) is 31.4 Å². The Morgan fingerprint density at radius 3 is 2.21 bits per heavy atom. The zero-order valence-corrected chi connectivity index (χ0v) is 18.7. The van der Waals surface area contributed by atoms with Gasteiger partial charge in [0.25, 0.3) is 0 Å². The van der Waals surface area contributed by atoms with Crippen LogP contribution >= 0.6 is 36.4 Å². The number of benzene rings is 2. The summed E-state index contributed by atoms with van der Waals surface area (Å²) in [5.41, 5.74) is 1.27. The highest BCUT2D eigenvalue weighted by atomic mass is 35.5. The molecule has 1 unspecified atom stereocenters. The number of nitrogens with zero attached hydrogens (tertiary/aromatic N) is 2. The van der Waals surface area contributed by atoms with Gasteiger partial charge in [-0.3, -0.25) is 4.90 Å². The number of piperazine rings is 1. The van der Waals surface area contributed by atoms with Crippen LogP contribution in [0.5, 0.6) is 5.75 Å². The third kappa shape index (κ3) is 8.99. The summed E-state index contributed by atoms with van der Waals surface area (Å²) in [4.78, 5) is 4.67. The van der Waals surface area contributed by atoms with E-state index in [1.807, 2.05) is 18.2 Å². The van der Waals surface area contributed by atoms with Crippen LogP contribution in [0.2, 0.25) is 5.02 Å². The quantitative estimate of drug-likeness (QED) is 0.574. The predicted molar refractivity (Wildman–Crippen MR) is 123 cm³/mol. The van der Waals surface area contributed by atoms with Crippen LogP contribution in [-0.2, 0) is 4.74 Å². The molecule has 1 heterocycles. The fourth-order valence-corrected chi connectivity index (χ4v) is 3.27. The minimum Gasteiger partial charge on any atom is -0.491 e. The number of rotatable bonds is 9. The molecule has 1 atom stereocenters. The topological polar surface area (TPSA) is 45.2 Å². The van der Waals surface area contributed by atoms with Gasteiger partial charge in [0.15, 0.2) is 0 Å². The summed E-state index contributed by atoms with van der Waals surface area (Å²) in [6.45, 7) is 5.71. The molecule has 0 saturated carbocycles. The molecule has 1 aliphatic rings. The van der Waals surface area contributed by atoms with Crippen LogP contribution in [0.4, 0.5) is 5.69 Å². The number of hydrogen-bond acceptors (Lipinski definition) is 5. The highest BCUT2D eigenvalue weighted by Gasteiger charge is 2.19. The lowest BCUT2D eigenvalue weighted by Crippen LogP contribution is -2.49. The van der Waals surface area contributed by atoms with Gasteiger partial charge < -0.3 is 19.5 Å². The number of aliphatic hydroxyl groups is 1. The van der Waals surface area contributed by atoms with Gasteiger partial charge in [-0.2, -0.15) is 0 Å². The second-order valence-electron chi connectivity index (χ2n) is 6.65. The summed E-state index contributed by atoms with van der Waals surface area (Å²) in [6.07, 6.45) is -0.483. The predicted octanol–water partition coefficient (Wildman–Crippen LogP) is 3.76. The first kappa shape index (κ1) is 25.8. The molecule has 2 aromatic rings. The molecule has 1 aliphatic heterocycles. The van der Waals surface area contributed by atoms with Crippen molar-refractivity contribution in [1.82, 2.24) is 4.90 Å². The third-order valence-corrected chi connectivity index (χ3v) is 4.83.